The van der Waals surface area contributed by atoms with Crippen molar-refractivity contribution in [2.24, 2.45) is 5.41 Å². The summed E-state index contributed by atoms with van der Waals surface area (Å²) in [6, 6.07) is 2.28. The maximum atomic E-state index is 8.93. The van der Waals surface area contributed by atoms with Crippen molar-refractivity contribution < 1.29 is 0 Å². The molecule has 0 aromatic heterocycles. The maximum absolute atomic E-state index is 8.93. The van der Waals surface area contributed by atoms with Gasteiger partial charge in [0.05, 0.1) is 12.1 Å². The summed E-state index contributed by atoms with van der Waals surface area (Å²) in [5, 5.41) is 12.2. The van der Waals surface area contributed by atoms with Crippen LogP contribution in [0.1, 0.15) is 27.2 Å². The third-order valence-corrected chi connectivity index (χ3v) is 1.92. The van der Waals surface area contributed by atoms with Crippen molar-refractivity contribution in [2.45, 2.75) is 33.2 Å². The van der Waals surface area contributed by atoms with Crippen molar-refractivity contribution in [2.75, 3.05) is 27.2 Å². The van der Waals surface area contributed by atoms with Crippen LogP contribution in [0.25, 0.3) is 0 Å². The smallest absolute Gasteiger partial charge is 0.0958 e. The first-order valence-electron chi connectivity index (χ1n) is 5.13. The van der Waals surface area contributed by atoms with E-state index in [1.807, 2.05) is 14.1 Å². The van der Waals surface area contributed by atoms with Gasteiger partial charge in [0.15, 0.2) is 0 Å². The van der Waals surface area contributed by atoms with E-state index in [1.54, 1.807) is 0 Å². The van der Waals surface area contributed by atoms with E-state index in [0.717, 1.165) is 19.5 Å². The molecule has 1 atom stereocenters. The van der Waals surface area contributed by atoms with Gasteiger partial charge < -0.3 is 10.2 Å². The minimum absolute atomic E-state index is 0.0186. The van der Waals surface area contributed by atoms with Gasteiger partial charge in [0.25, 0.3) is 0 Å². The Morgan fingerprint density at radius 2 is 1.93 bits per heavy atom. The molecule has 1 N–H and O–H groups in total. The van der Waals surface area contributed by atoms with Gasteiger partial charge in [-0.1, -0.05) is 20.8 Å². The second-order valence-electron chi connectivity index (χ2n) is 5.20. The van der Waals surface area contributed by atoms with Gasteiger partial charge in [0, 0.05) is 13.1 Å². The summed E-state index contributed by atoms with van der Waals surface area (Å²) in [4.78, 5) is 2.11. The monoisotopic (exact) mass is 197 g/mol. The molecule has 0 amide bonds. The molecule has 0 fully saturated rings. The summed E-state index contributed by atoms with van der Waals surface area (Å²) in [6.45, 7) is 8.32. The van der Waals surface area contributed by atoms with Gasteiger partial charge >= 0.3 is 0 Å². The van der Waals surface area contributed by atoms with Gasteiger partial charge in [0.2, 0.25) is 0 Å². The summed E-state index contributed by atoms with van der Waals surface area (Å²) in [7, 11) is 4.07. The third-order valence-electron chi connectivity index (χ3n) is 1.92. The van der Waals surface area contributed by atoms with Crippen LogP contribution in [0.4, 0.5) is 0 Å². The van der Waals surface area contributed by atoms with Crippen molar-refractivity contribution in [1.82, 2.24) is 10.2 Å². The van der Waals surface area contributed by atoms with Crippen molar-refractivity contribution >= 4 is 0 Å². The zero-order valence-corrected chi connectivity index (χ0v) is 10.1. The van der Waals surface area contributed by atoms with Gasteiger partial charge in [-0.15, -0.1) is 0 Å². The van der Waals surface area contributed by atoms with Crippen LogP contribution in [0.3, 0.4) is 0 Å². The quantitative estimate of drug-likeness (QED) is 0.725. The van der Waals surface area contributed by atoms with Crippen molar-refractivity contribution in [3.63, 3.8) is 0 Å². The fraction of sp³-hybridized carbons (Fsp3) is 0.909. The first-order valence-corrected chi connectivity index (χ1v) is 5.13. The van der Waals surface area contributed by atoms with E-state index in [9.17, 15) is 0 Å². The van der Waals surface area contributed by atoms with E-state index in [0.29, 0.717) is 0 Å². The molecule has 0 heterocycles. The van der Waals surface area contributed by atoms with Crippen LogP contribution in [0, 0.1) is 16.7 Å². The zero-order valence-electron chi connectivity index (χ0n) is 10.1. The number of nitrogens with zero attached hydrogens (tertiary/aromatic N) is 2. The molecule has 0 aromatic carbocycles. The van der Waals surface area contributed by atoms with E-state index >= 15 is 0 Å². The number of rotatable bonds is 5. The molecular formula is C11H23N3. The van der Waals surface area contributed by atoms with Crippen molar-refractivity contribution in [3.05, 3.63) is 0 Å². The Morgan fingerprint density at radius 1 is 1.36 bits per heavy atom. The van der Waals surface area contributed by atoms with E-state index in [2.05, 4.69) is 37.1 Å². The highest BCUT2D eigenvalue weighted by molar-refractivity contribution is 4.92. The fourth-order valence-corrected chi connectivity index (χ4v) is 1.24. The molecule has 0 aromatic rings. The minimum atomic E-state index is -0.0186. The largest absolute Gasteiger partial charge is 0.308 e. The lowest BCUT2D eigenvalue weighted by atomic mass is 9.88. The summed E-state index contributed by atoms with van der Waals surface area (Å²) in [5.41, 5.74) is 0.214. The third kappa shape index (κ3) is 8.03. The van der Waals surface area contributed by atoms with E-state index in [4.69, 9.17) is 5.26 Å². The number of nitriles is 1. The molecule has 0 aliphatic carbocycles. The molecule has 0 saturated heterocycles. The molecule has 0 rings (SSSR count). The van der Waals surface area contributed by atoms with Gasteiger partial charge in [0.1, 0.15) is 0 Å². The predicted octanol–water partition coefficient (Wildman–Crippen LogP) is 1.47. The lowest BCUT2D eigenvalue weighted by molar-refractivity contribution is 0.325. The van der Waals surface area contributed by atoms with Gasteiger partial charge in [-0.3, -0.25) is 0 Å². The standard InChI is InChI=1S/C11H23N3/c1-11(2,3)8-10(9-12)13-6-7-14(4)5/h10,13H,6-8H2,1-5H3. The predicted molar refractivity (Wildman–Crippen MR) is 60.0 cm³/mol. The summed E-state index contributed by atoms with van der Waals surface area (Å²) in [6.07, 6.45) is 0.900. The Balaban J connectivity index is 3.77. The van der Waals surface area contributed by atoms with E-state index in [-0.39, 0.29) is 11.5 Å². The van der Waals surface area contributed by atoms with E-state index < -0.39 is 0 Å². The normalized spacial score (nSPS) is 14.1. The molecule has 0 bridgehead atoms. The topological polar surface area (TPSA) is 39.1 Å². The Hall–Kier alpha value is -0.590. The number of hydrogen-bond acceptors (Lipinski definition) is 3. The highest BCUT2D eigenvalue weighted by Gasteiger charge is 2.17. The molecule has 3 nitrogen and oxygen atoms in total. The molecular weight excluding hydrogens is 174 g/mol. The average molecular weight is 197 g/mol. The molecule has 1 unspecified atom stereocenters. The molecule has 0 spiro atoms. The van der Waals surface area contributed by atoms with Crippen LogP contribution < -0.4 is 5.32 Å². The molecule has 0 aliphatic rings. The number of nitrogens with one attached hydrogen (secondary N) is 1. The zero-order chi connectivity index (χ0) is 11.2. The second-order valence-corrected chi connectivity index (χ2v) is 5.20. The Labute approximate surface area is 88.1 Å². The second kappa shape index (κ2) is 6.00. The van der Waals surface area contributed by atoms with Gasteiger partial charge in [-0.2, -0.15) is 5.26 Å². The van der Waals surface area contributed by atoms with Crippen LogP contribution >= 0.6 is 0 Å². The molecule has 3 heteroatoms. The van der Waals surface area contributed by atoms with Crippen molar-refractivity contribution in [3.8, 4) is 6.07 Å². The molecule has 0 aliphatic heterocycles. The molecule has 0 radical (unpaired) electrons. The van der Waals surface area contributed by atoms with Gasteiger partial charge in [-0.25, -0.2) is 0 Å². The molecule has 14 heavy (non-hydrogen) atoms. The van der Waals surface area contributed by atoms with Crippen LogP contribution in [-0.2, 0) is 0 Å². The maximum Gasteiger partial charge on any atom is 0.0958 e. The summed E-state index contributed by atoms with van der Waals surface area (Å²) in [5.74, 6) is 0. The summed E-state index contributed by atoms with van der Waals surface area (Å²) >= 11 is 0. The van der Waals surface area contributed by atoms with Crippen LogP contribution in [0.5, 0.6) is 0 Å². The SMILES string of the molecule is CN(C)CCNC(C#N)CC(C)(C)C. The number of hydrogen-bond donors (Lipinski definition) is 1. The Bertz CT molecular complexity index is 186. The van der Waals surface area contributed by atoms with Gasteiger partial charge in [-0.05, 0) is 25.9 Å². The Kier molecular flexibility index (Phi) is 5.75. The molecule has 0 saturated carbocycles. The summed E-state index contributed by atoms with van der Waals surface area (Å²) < 4.78 is 0. The first-order chi connectivity index (χ1) is 6.35. The lowest BCUT2D eigenvalue weighted by Crippen LogP contribution is -2.36. The van der Waals surface area contributed by atoms with E-state index in [1.165, 1.54) is 0 Å². The van der Waals surface area contributed by atoms with Crippen molar-refractivity contribution in [1.29, 1.82) is 5.26 Å². The first kappa shape index (κ1) is 13.4. The fourth-order valence-electron chi connectivity index (χ4n) is 1.24. The Morgan fingerprint density at radius 3 is 2.29 bits per heavy atom. The highest BCUT2D eigenvalue weighted by atomic mass is 15.1. The molecule has 82 valence electrons. The van der Waals surface area contributed by atoms with Crippen LogP contribution in [-0.4, -0.2) is 38.1 Å². The average Bonchev–Trinajstić information content (AvgIpc) is 1.99. The minimum Gasteiger partial charge on any atom is -0.308 e. The van der Waals surface area contributed by atoms with Crippen LogP contribution in [0.2, 0.25) is 0 Å². The lowest BCUT2D eigenvalue weighted by Gasteiger charge is -2.22. The highest BCUT2D eigenvalue weighted by Crippen LogP contribution is 2.20. The number of likely N-dealkylation sites (N-methyl/N-ethyl adjacent to an activating group) is 1. The van der Waals surface area contributed by atoms with Crippen LogP contribution in [0.15, 0.2) is 0 Å².